The lowest BCUT2D eigenvalue weighted by Crippen LogP contribution is -2.40. The van der Waals surface area contributed by atoms with E-state index in [1.807, 2.05) is 18.2 Å². The zero-order chi connectivity index (χ0) is 27.3. The van der Waals surface area contributed by atoms with Gasteiger partial charge in [-0.3, -0.25) is 14.2 Å². The number of nitrogens with zero attached hydrogens (tertiary/aromatic N) is 4. The molecule has 3 aliphatic rings. The van der Waals surface area contributed by atoms with Crippen molar-refractivity contribution in [2.75, 3.05) is 18.4 Å². The number of rotatable bonds is 5. The molecule has 0 spiro atoms. The highest BCUT2D eigenvalue weighted by Crippen LogP contribution is 2.38. The van der Waals surface area contributed by atoms with Crippen LogP contribution >= 0.6 is 11.3 Å². The van der Waals surface area contributed by atoms with Crippen molar-refractivity contribution in [3.63, 3.8) is 0 Å². The van der Waals surface area contributed by atoms with Crippen molar-refractivity contribution in [3.05, 3.63) is 85.1 Å². The molecular formula is C28H24N4O6S. The van der Waals surface area contributed by atoms with Gasteiger partial charge in [-0.15, -0.1) is 0 Å². The molecule has 1 amide bonds. The number of allylic oxidation sites excluding steroid dienone is 1. The van der Waals surface area contributed by atoms with E-state index in [4.69, 9.17) is 14.2 Å². The Morgan fingerprint density at radius 2 is 1.90 bits per heavy atom. The van der Waals surface area contributed by atoms with Gasteiger partial charge >= 0.3 is 5.97 Å². The van der Waals surface area contributed by atoms with Crippen LogP contribution in [0.25, 0.3) is 6.08 Å². The lowest BCUT2D eigenvalue weighted by atomic mass is 9.95. The lowest BCUT2D eigenvalue weighted by Gasteiger charge is -2.24. The summed E-state index contributed by atoms with van der Waals surface area (Å²) in [4.78, 5) is 45.3. The average molecular weight is 545 g/mol. The first-order valence-corrected chi connectivity index (χ1v) is 13.2. The third kappa shape index (κ3) is 4.15. The molecule has 6 rings (SSSR count). The monoisotopic (exact) mass is 544 g/mol. The molecule has 0 fully saturated rings. The van der Waals surface area contributed by atoms with Crippen LogP contribution in [0.1, 0.15) is 32.4 Å². The maximum Gasteiger partial charge on any atom is 0.338 e. The Bertz CT molecular complexity index is 1750. The second kappa shape index (κ2) is 9.66. The molecule has 11 heteroatoms. The summed E-state index contributed by atoms with van der Waals surface area (Å²) in [5.74, 6) is -0.400. The molecule has 3 aromatic rings. The number of aromatic nitrogens is 1. The molecule has 3 aliphatic heterocycles. The highest BCUT2D eigenvalue weighted by Gasteiger charge is 2.36. The molecule has 4 heterocycles. The molecule has 0 saturated heterocycles. The number of anilines is 1. The van der Waals surface area contributed by atoms with E-state index in [0.717, 1.165) is 11.3 Å². The van der Waals surface area contributed by atoms with E-state index in [0.29, 0.717) is 43.5 Å². The van der Waals surface area contributed by atoms with Gasteiger partial charge in [-0.1, -0.05) is 35.6 Å². The van der Waals surface area contributed by atoms with E-state index >= 15 is 0 Å². The zero-order valence-electron chi connectivity index (χ0n) is 21.4. The molecule has 2 atom stereocenters. The molecule has 2 aromatic carbocycles. The maximum atomic E-state index is 13.9. The topological polar surface area (TPSA) is 112 Å². The van der Waals surface area contributed by atoms with Crippen LogP contribution in [0.5, 0.6) is 11.5 Å². The van der Waals surface area contributed by atoms with Gasteiger partial charge in [0.05, 0.1) is 39.9 Å². The molecule has 39 heavy (non-hydrogen) atoms. The summed E-state index contributed by atoms with van der Waals surface area (Å²) in [6.07, 6.45) is 1.63. The van der Waals surface area contributed by atoms with Crippen LogP contribution in [-0.4, -0.2) is 35.6 Å². The van der Waals surface area contributed by atoms with Crippen LogP contribution in [0.2, 0.25) is 0 Å². The summed E-state index contributed by atoms with van der Waals surface area (Å²) in [7, 11) is 0. The van der Waals surface area contributed by atoms with Crippen LogP contribution in [0.3, 0.4) is 0 Å². The number of carbonyl (C=O) groups excluding carboxylic acids is 2. The maximum absolute atomic E-state index is 13.9. The minimum absolute atomic E-state index is 0.0947. The molecule has 198 valence electrons. The Hall–Kier alpha value is -4.51. The van der Waals surface area contributed by atoms with E-state index in [9.17, 15) is 14.4 Å². The number of carbonyl (C=O) groups is 2. The van der Waals surface area contributed by atoms with Crippen LogP contribution in [-0.2, 0) is 14.3 Å². The number of esters is 1. The number of hydrogen-bond acceptors (Lipinski definition) is 9. The summed E-state index contributed by atoms with van der Waals surface area (Å²) in [6.45, 7) is 5.47. The minimum atomic E-state index is -0.799. The summed E-state index contributed by atoms with van der Waals surface area (Å²) in [5, 5.41) is 5.79. The molecule has 10 nitrogen and oxygen atoms in total. The van der Waals surface area contributed by atoms with E-state index < -0.39 is 17.9 Å². The van der Waals surface area contributed by atoms with E-state index in [-0.39, 0.29) is 30.4 Å². The summed E-state index contributed by atoms with van der Waals surface area (Å²) in [5.41, 5.74) is 2.22. The van der Waals surface area contributed by atoms with Crippen molar-refractivity contribution < 1.29 is 23.8 Å². The van der Waals surface area contributed by atoms with Crippen molar-refractivity contribution in [2.24, 2.45) is 16.0 Å². The fourth-order valence-electron chi connectivity index (χ4n) is 4.88. The quantitative estimate of drug-likeness (QED) is 0.457. The summed E-state index contributed by atoms with van der Waals surface area (Å²) >= 11 is 1.16. The largest absolute Gasteiger partial charge is 0.463 e. The molecule has 1 aromatic heterocycles. The van der Waals surface area contributed by atoms with Crippen LogP contribution in [0, 0.1) is 5.92 Å². The SMILES string of the molecule is CCOC(=O)C1=C(C)N=c2s/c(=C/[C@H]3C(=O)N(c4ccccc4)N=C3C)c(=O)n2[C@@H]1c1ccc2c(c1)OCO2. The number of hydrazone groups is 1. The predicted molar refractivity (Wildman–Crippen MR) is 144 cm³/mol. The Kier molecular flexibility index (Phi) is 6.15. The molecule has 0 saturated carbocycles. The molecule has 0 unspecified atom stereocenters. The Labute approximate surface area is 226 Å². The van der Waals surface area contributed by atoms with Gasteiger partial charge in [-0.05, 0) is 56.7 Å². The fourth-order valence-corrected chi connectivity index (χ4v) is 5.94. The molecule has 0 N–H and O–H groups in total. The number of fused-ring (bicyclic) bond motifs is 2. The Morgan fingerprint density at radius 1 is 1.13 bits per heavy atom. The van der Waals surface area contributed by atoms with E-state index in [2.05, 4.69) is 10.1 Å². The fraction of sp³-hybridized carbons (Fsp3) is 0.250. The first kappa shape index (κ1) is 24.8. The first-order valence-electron chi connectivity index (χ1n) is 12.4. The van der Waals surface area contributed by atoms with Gasteiger partial charge in [0.15, 0.2) is 16.3 Å². The lowest BCUT2D eigenvalue weighted by molar-refractivity contribution is -0.139. The Balaban J connectivity index is 1.47. The van der Waals surface area contributed by atoms with Gasteiger partial charge in [-0.2, -0.15) is 10.1 Å². The smallest absolute Gasteiger partial charge is 0.338 e. The number of benzene rings is 2. The van der Waals surface area contributed by atoms with Gasteiger partial charge in [0, 0.05) is 0 Å². The highest BCUT2D eigenvalue weighted by atomic mass is 32.1. The zero-order valence-corrected chi connectivity index (χ0v) is 22.2. The van der Waals surface area contributed by atoms with Crippen molar-refractivity contribution in [1.82, 2.24) is 4.57 Å². The van der Waals surface area contributed by atoms with Gasteiger partial charge < -0.3 is 14.2 Å². The number of para-hydroxylation sites is 1. The highest BCUT2D eigenvalue weighted by molar-refractivity contribution is 7.07. The number of thiazole rings is 1. The Morgan fingerprint density at radius 3 is 2.67 bits per heavy atom. The van der Waals surface area contributed by atoms with Crippen LogP contribution < -0.4 is 29.4 Å². The first-order chi connectivity index (χ1) is 18.9. The van der Waals surface area contributed by atoms with Gasteiger partial charge in [0.2, 0.25) is 6.79 Å². The number of ether oxygens (including phenoxy) is 3. The van der Waals surface area contributed by atoms with Crippen molar-refractivity contribution in [2.45, 2.75) is 26.8 Å². The average Bonchev–Trinajstić information content (AvgIpc) is 3.60. The van der Waals surface area contributed by atoms with Crippen molar-refractivity contribution >= 4 is 40.7 Å². The number of amides is 1. The predicted octanol–water partition coefficient (Wildman–Crippen LogP) is 2.52. The number of hydrogen-bond donors (Lipinski definition) is 0. The molecule has 0 bridgehead atoms. The van der Waals surface area contributed by atoms with Gasteiger partial charge in [0.25, 0.3) is 11.5 Å². The standard InChI is InChI=1S/C28H24N4O6S/c1-4-36-27(35)23-16(3)29-28-31(24(23)17-10-11-20-21(12-17)38-14-37-20)26(34)22(39-28)13-19-15(2)30-32(25(19)33)18-8-6-5-7-9-18/h5-13,19,24H,4,14H2,1-3H3/b22-13+/t19-,24-/m1/s1. The van der Waals surface area contributed by atoms with Crippen LogP contribution in [0.4, 0.5) is 5.69 Å². The third-order valence-corrected chi connectivity index (χ3v) is 7.73. The van der Waals surface area contributed by atoms with Crippen LogP contribution in [0.15, 0.2) is 74.7 Å². The van der Waals surface area contributed by atoms with E-state index in [1.165, 1.54) is 9.58 Å². The third-order valence-electron chi connectivity index (χ3n) is 6.73. The van der Waals surface area contributed by atoms with Crippen molar-refractivity contribution in [1.29, 1.82) is 0 Å². The summed E-state index contributed by atoms with van der Waals surface area (Å²) in [6, 6.07) is 13.6. The van der Waals surface area contributed by atoms with E-state index in [1.54, 1.807) is 57.2 Å². The molecule has 0 aliphatic carbocycles. The second-order valence-corrected chi connectivity index (χ2v) is 10.2. The van der Waals surface area contributed by atoms with Gasteiger partial charge in [0.1, 0.15) is 5.92 Å². The van der Waals surface area contributed by atoms with Crippen molar-refractivity contribution in [3.8, 4) is 11.5 Å². The molecule has 0 radical (unpaired) electrons. The molecular weight excluding hydrogens is 520 g/mol. The van der Waals surface area contributed by atoms with Gasteiger partial charge in [-0.25, -0.2) is 9.79 Å². The normalized spacial score (nSPS) is 20.2. The minimum Gasteiger partial charge on any atom is -0.463 e. The second-order valence-electron chi connectivity index (χ2n) is 9.14. The summed E-state index contributed by atoms with van der Waals surface area (Å²) < 4.78 is 18.2.